The molecule has 7 nitrogen and oxygen atoms in total. The highest BCUT2D eigenvalue weighted by molar-refractivity contribution is 7.92. The van der Waals surface area contributed by atoms with E-state index in [4.69, 9.17) is 4.74 Å². The summed E-state index contributed by atoms with van der Waals surface area (Å²) < 4.78 is 43.9. The zero-order chi connectivity index (χ0) is 25.2. The van der Waals surface area contributed by atoms with E-state index in [1.54, 1.807) is 42.5 Å². The number of nitrogens with zero attached hydrogens (tertiary/aromatic N) is 1. The summed E-state index contributed by atoms with van der Waals surface area (Å²) in [7, 11) is -3.44. The molecule has 0 spiro atoms. The van der Waals surface area contributed by atoms with Gasteiger partial charge in [-0.3, -0.25) is 9.52 Å². The number of anilines is 1. The number of halogens is 1. The number of aromatic nitrogens is 1. The van der Waals surface area contributed by atoms with E-state index in [9.17, 15) is 22.4 Å². The molecule has 0 saturated heterocycles. The molecule has 4 rings (SSSR count). The maximum absolute atomic E-state index is 13.4. The standard InChI is InChI=1S/C26H21FN2O5S/c1-16(25(30)18-9-13-20(14-10-18)29-35(2,32)33)34-26(31)22-15-24(17-7-11-19(27)12-8-17)28-23-6-4-3-5-21(22)23/h3-16,29H,1-2H3/t16-/m0/s1. The first-order valence-electron chi connectivity index (χ1n) is 10.6. The van der Waals surface area contributed by atoms with Crippen LogP contribution in [0, 0.1) is 5.82 Å². The van der Waals surface area contributed by atoms with Gasteiger partial charge in [0.1, 0.15) is 5.82 Å². The lowest BCUT2D eigenvalue weighted by Gasteiger charge is -2.15. The van der Waals surface area contributed by atoms with Gasteiger partial charge in [-0.1, -0.05) is 18.2 Å². The second-order valence-corrected chi connectivity index (χ2v) is 9.69. The second-order valence-electron chi connectivity index (χ2n) is 7.94. The van der Waals surface area contributed by atoms with E-state index >= 15 is 0 Å². The highest BCUT2D eigenvalue weighted by Crippen LogP contribution is 2.26. The van der Waals surface area contributed by atoms with Crippen LogP contribution in [0.2, 0.25) is 0 Å². The van der Waals surface area contributed by atoms with Crippen molar-refractivity contribution < 1.29 is 27.1 Å². The third-order valence-electron chi connectivity index (χ3n) is 5.20. The maximum atomic E-state index is 13.4. The van der Waals surface area contributed by atoms with Gasteiger partial charge >= 0.3 is 5.97 Å². The van der Waals surface area contributed by atoms with Gasteiger partial charge in [-0.2, -0.15) is 0 Å². The lowest BCUT2D eigenvalue weighted by Crippen LogP contribution is -2.24. The number of carbonyl (C=O) groups is 2. The molecule has 1 atom stereocenters. The van der Waals surface area contributed by atoms with Gasteiger partial charge in [0.2, 0.25) is 15.8 Å². The summed E-state index contributed by atoms with van der Waals surface area (Å²) >= 11 is 0. The first-order chi connectivity index (χ1) is 16.6. The van der Waals surface area contributed by atoms with Crippen LogP contribution in [0.5, 0.6) is 0 Å². The van der Waals surface area contributed by atoms with Crippen LogP contribution in [0.3, 0.4) is 0 Å². The summed E-state index contributed by atoms with van der Waals surface area (Å²) in [5, 5.41) is 0.555. The molecule has 0 unspecified atom stereocenters. The highest BCUT2D eigenvalue weighted by atomic mass is 32.2. The molecule has 35 heavy (non-hydrogen) atoms. The van der Waals surface area contributed by atoms with Gasteiger partial charge in [0.15, 0.2) is 6.10 Å². The van der Waals surface area contributed by atoms with Crippen LogP contribution in [0.15, 0.2) is 78.9 Å². The maximum Gasteiger partial charge on any atom is 0.339 e. The van der Waals surface area contributed by atoms with E-state index in [2.05, 4.69) is 9.71 Å². The van der Waals surface area contributed by atoms with Gasteiger partial charge in [-0.15, -0.1) is 0 Å². The van der Waals surface area contributed by atoms with E-state index in [-0.39, 0.29) is 16.9 Å². The Kier molecular flexibility index (Phi) is 6.61. The number of pyridine rings is 1. The molecular formula is C26H21FN2O5S. The van der Waals surface area contributed by atoms with E-state index in [0.717, 1.165) is 6.26 Å². The molecule has 1 heterocycles. The highest BCUT2D eigenvalue weighted by Gasteiger charge is 2.23. The van der Waals surface area contributed by atoms with Crippen LogP contribution in [-0.4, -0.2) is 37.5 Å². The van der Waals surface area contributed by atoms with E-state index in [1.807, 2.05) is 0 Å². The van der Waals surface area contributed by atoms with E-state index in [0.29, 0.717) is 27.8 Å². The molecule has 0 aliphatic carbocycles. The molecule has 0 aliphatic heterocycles. The van der Waals surface area contributed by atoms with Crippen LogP contribution < -0.4 is 4.72 Å². The predicted octanol–water partition coefficient (Wildman–Crippen LogP) is 4.84. The lowest BCUT2D eigenvalue weighted by molar-refractivity contribution is 0.0320. The fourth-order valence-corrected chi connectivity index (χ4v) is 4.11. The number of hydrogen-bond donors (Lipinski definition) is 1. The third kappa shape index (κ3) is 5.70. The van der Waals surface area contributed by atoms with Gasteiger partial charge in [0.25, 0.3) is 0 Å². The largest absolute Gasteiger partial charge is 0.451 e. The van der Waals surface area contributed by atoms with Crippen molar-refractivity contribution >= 4 is 38.4 Å². The Labute approximate surface area is 201 Å². The molecule has 4 aromatic rings. The summed E-state index contributed by atoms with van der Waals surface area (Å²) in [4.78, 5) is 30.5. The zero-order valence-electron chi connectivity index (χ0n) is 18.9. The van der Waals surface area contributed by atoms with Gasteiger partial charge in [-0.05, 0) is 67.6 Å². The first kappa shape index (κ1) is 24.0. The van der Waals surface area contributed by atoms with Crippen LogP contribution in [-0.2, 0) is 14.8 Å². The minimum Gasteiger partial charge on any atom is -0.451 e. The first-order valence-corrected chi connectivity index (χ1v) is 12.5. The summed E-state index contributed by atoms with van der Waals surface area (Å²) in [5.74, 6) is -1.54. The van der Waals surface area contributed by atoms with Crippen LogP contribution >= 0.6 is 0 Å². The average molecular weight is 493 g/mol. The van der Waals surface area contributed by atoms with Crippen molar-refractivity contribution in [3.63, 3.8) is 0 Å². The van der Waals surface area contributed by atoms with Crippen molar-refractivity contribution in [3.8, 4) is 11.3 Å². The monoisotopic (exact) mass is 492 g/mol. The van der Waals surface area contributed by atoms with Crippen molar-refractivity contribution in [1.82, 2.24) is 4.98 Å². The Morgan fingerprint density at radius 2 is 1.63 bits per heavy atom. The molecule has 0 amide bonds. The number of ketones is 1. The molecule has 1 aromatic heterocycles. The number of fused-ring (bicyclic) bond motifs is 1. The van der Waals surface area contributed by atoms with Crippen molar-refractivity contribution in [1.29, 1.82) is 0 Å². The SMILES string of the molecule is C[C@H](OC(=O)c1cc(-c2ccc(F)cc2)nc2ccccc12)C(=O)c1ccc(NS(C)(=O)=O)cc1. The number of ether oxygens (including phenoxy) is 1. The van der Waals surface area contributed by atoms with Gasteiger partial charge < -0.3 is 4.74 Å². The number of Topliss-reactive ketones (excluding diaryl/α,β-unsaturated/α-hetero) is 1. The minimum atomic E-state index is -3.44. The molecule has 0 aliphatic rings. The lowest BCUT2D eigenvalue weighted by atomic mass is 10.0. The van der Waals surface area contributed by atoms with Gasteiger partial charge in [0, 0.05) is 22.2 Å². The van der Waals surface area contributed by atoms with Crippen molar-refractivity contribution in [2.24, 2.45) is 0 Å². The Morgan fingerprint density at radius 1 is 0.971 bits per heavy atom. The Morgan fingerprint density at radius 3 is 2.29 bits per heavy atom. The van der Waals surface area contributed by atoms with E-state index in [1.165, 1.54) is 43.3 Å². The summed E-state index contributed by atoms with van der Waals surface area (Å²) in [5.41, 5.74) is 2.43. The molecular weight excluding hydrogens is 471 g/mol. The number of nitrogens with one attached hydrogen (secondary N) is 1. The fraction of sp³-hybridized carbons (Fsp3) is 0.115. The molecule has 1 N–H and O–H groups in total. The molecule has 0 radical (unpaired) electrons. The molecule has 0 bridgehead atoms. The topological polar surface area (TPSA) is 102 Å². The Bertz CT molecular complexity index is 1520. The van der Waals surface area contributed by atoms with Crippen molar-refractivity contribution in [2.45, 2.75) is 13.0 Å². The quantitative estimate of drug-likeness (QED) is 0.293. The van der Waals surface area contributed by atoms with Gasteiger partial charge in [0.05, 0.1) is 23.0 Å². The number of para-hydroxylation sites is 1. The smallest absolute Gasteiger partial charge is 0.339 e. The fourth-order valence-electron chi connectivity index (χ4n) is 3.54. The average Bonchev–Trinajstić information content (AvgIpc) is 2.82. The van der Waals surface area contributed by atoms with Crippen LogP contribution in [0.4, 0.5) is 10.1 Å². The number of esters is 1. The minimum absolute atomic E-state index is 0.224. The summed E-state index contributed by atoms with van der Waals surface area (Å²) in [6, 6.07) is 20.1. The van der Waals surface area contributed by atoms with Crippen LogP contribution in [0.1, 0.15) is 27.6 Å². The summed E-state index contributed by atoms with van der Waals surface area (Å²) in [6.07, 6.45) is -0.0739. The number of sulfonamides is 1. The number of carbonyl (C=O) groups excluding carboxylic acids is 2. The number of rotatable bonds is 7. The van der Waals surface area contributed by atoms with E-state index < -0.39 is 27.9 Å². The second kappa shape index (κ2) is 9.63. The van der Waals surface area contributed by atoms with Crippen molar-refractivity contribution in [2.75, 3.05) is 11.0 Å². The number of benzene rings is 3. The molecule has 9 heteroatoms. The Balaban J connectivity index is 1.59. The number of hydrogen-bond acceptors (Lipinski definition) is 6. The molecule has 3 aromatic carbocycles. The summed E-state index contributed by atoms with van der Waals surface area (Å²) in [6.45, 7) is 1.47. The molecule has 0 saturated carbocycles. The molecule has 178 valence electrons. The van der Waals surface area contributed by atoms with Crippen LogP contribution in [0.25, 0.3) is 22.2 Å². The Hall–Kier alpha value is -4.11. The zero-order valence-corrected chi connectivity index (χ0v) is 19.7. The normalized spacial score (nSPS) is 12.2. The predicted molar refractivity (Wildman–Crippen MR) is 131 cm³/mol. The van der Waals surface area contributed by atoms with Gasteiger partial charge in [-0.25, -0.2) is 22.6 Å². The van der Waals surface area contributed by atoms with Crippen molar-refractivity contribution in [3.05, 3.63) is 95.8 Å². The third-order valence-corrected chi connectivity index (χ3v) is 5.81. The molecule has 0 fully saturated rings.